The van der Waals surface area contributed by atoms with Crippen LogP contribution in [-0.4, -0.2) is 23.4 Å². The normalized spacial score (nSPS) is 21.4. The molecule has 0 saturated carbocycles. The van der Waals surface area contributed by atoms with E-state index in [0.717, 1.165) is 0 Å². The van der Waals surface area contributed by atoms with Crippen LogP contribution in [0.4, 0.5) is 4.79 Å². The molecular formula is C6H8ClNO2. The molecular weight excluding hydrogens is 154 g/mol. The highest BCUT2D eigenvalue weighted by Gasteiger charge is 2.21. The summed E-state index contributed by atoms with van der Waals surface area (Å²) in [5.74, 6) is 0.556. The summed E-state index contributed by atoms with van der Waals surface area (Å²) in [5, 5.41) is -0.481. The first kappa shape index (κ1) is 7.41. The molecule has 0 aliphatic carbocycles. The van der Waals surface area contributed by atoms with Gasteiger partial charge in [0.1, 0.15) is 6.61 Å². The predicted molar refractivity (Wildman–Crippen MR) is 37.7 cm³/mol. The summed E-state index contributed by atoms with van der Waals surface area (Å²) in [5.41, 5.74) is 0. The van der Waals surface area contributed by atoms with Crippen molar-refractivity contribution in [1.82, 2.24) is 4.90 Å². The Morgan fingerprint density at radius 1 is 1.90 bits per heavy atom. The van der Waals surface area contributed by atoms with Crippen molar-refractivity contribution in [3.63, 3.8) is 0 Å². The zero-order valence-electron chi connectivity index (χ0n) is 5.63. The van der Waals surface area contributed by atoms with Crippen LogP contribution in [0, 0.1) is 0 Å². The summed E-state index contributed by atoms with van der Waals surface area (Å²) in [6.45, 7) is 2.90. The molecule has 0 N–H and O–H groups in total. The quantitative estimate of drug-likeness (QED) is 0.399. The number of hydrogen-bond donors (Lipinski definition) is 0. The third-order valence-corrected chi connectivity index (χ3v) is 1.49. The molecule has 0 unspecified atom stereocenters. The number of amides is 1. The van der Waals surface area contributed by atoms with Gasteiger partial charge < -0.3 is 4.74 Å². The van der Waals surface area contributed by atoms with Crippen LogP contribution in [0.2, 0.25) is 0 Å². The van der Waals surface area contributed by atoms with Crippen LogP contribution in [0.25, 0.3) is 0 Å². The Hall–Kier alpha value is -0.700. The average Bonchev–Trinajstić information content (AvgIpc) is 2.33. The van der Waals surface area contributed by atoms with E-state index in [0.29, 0.717) is 19.0 Å². The molecule has 1 aliphatic rings. The highest BCUT2D eigenvalue weighted by Crippen LogP contribution is 2.15. The molecule has 0 aromatic rings. The van der Waals surface area contributed by atoms with Crippen LogP contribution in [0.5, 0.6) is 0 Å². The van der Waals surface area contributed by atoms with Gasteiger partial charge in [-0.25, -0.2) is 0 Å². The first-order valence-corrected chi connectivity index (χ1v) is 3.39. The zero-order valence-corrected chi connectivity index (χ0v) is 6.39. The summed E-state index contributed by atoms with van der Waals surface area (Å²) in [6.07, 6.45) is 1.72. The minimum Gasteiger partial charge on any atom is -0.477 e. The third kappa shape index (κ3) is 1.24. The maximum absolute atomic E-state index is 10.6. The molecule has 1 heterocycles. The van der Waals surface area contributed by atoms with Gasteiger partial charge in [-0.3, -0.25) is 9.69 Å². The SMILES string of the molecule is C/C=C1\OCCN1C(=O)Cl. The van der Waals surface area contributed by atoms with Crippen molar-refractivity contribution in [3.8, 4) is 0 Å². The van der Waals surface area contributed by atoms with Gasteiger partial charge in [0.15, 0.2) is 5.88 Å². The molecule has 10 heavy (non-hydrogen) atoms. The summed E-state index contributed by atoms with van der Waals surface area (Å²) in [4.78, 5) is 12.0. The first-order chi connectivity index (χ1) is 4.75. The monoisotopic (exact) mass is 161 g/mol. The Labute approximate surface area is 64.2 Å². The molecule has 1 saturated heterocycles. The summed E-state index contributed by atoms with van der Waals surface area (Å²) in [7, 11) is 0. The molecule has 0 atom stereocenters. The van der Waals surface area contributed by atoms with Crippen LogP contribution < -0.4 is 0 Å². The Morgan fingerprint density at radius 3 is 3.00 bits per heavy atom. The third-order valence-electron chi connectivity index (χ3n) is 1.29. The number of carbonyl (C=O) groups is 1. The number of ether oxygens (including phenoxy) is 1. The van der Waals surface area contributed by atoms with E-state index in [1.165, 1.54) is 4.90 Å². The second kappa shape index (κ2) is 2.92. The second-order valence-electron chi connectivity index (χ2n) is 1.88. The van der Waals surface area contributed by atoms with E-state index in [1.807, 2.05) is 0 Å². The van der Waals surface area contributed by atoms with Gasteiger partial charge in [0.2, 0.25) is 0 Å². The Kier molecular flexibility index (Phi) is 2.17. The van der Waals surface area contributed by atoms with Gasteiger partial charge in [-0.2, -0.15) is 0 Å². The topological polar surface area (TPSA) is 29.5 Å². The van der Waals surface area contributed by atoms with Crippen LogP contribution >= 0.6 is 11.6 Å². The molecule has 4 heteroatoms. The lowest BCUT2D eigenvalue weighted by Gasteiger charge is -2.08. The minimum atomic E-state index is -0.481. The number of nitrogens with zero attached hydrogens (tertiary/aromatic N) is 1. The molecule has 0 aromatic carbocycles. The highest BCUT2D eigenvalue weighted by molar-refractivity contribution is 6.63. The van der Waals surface area contributed by atoms with E-state index in [2.05, 4.69) is 0 Å². The zero-order chi connectivity index (χ0) is 7.56. The molecule has 1 rings (SSSR count). The lowest BCUT2D eigenvalue weighted by Crippen LogP contribution is -2.20. The second-order valence-corrected chi connectivity index (χ2v) is 2.20. The van der Waals surface area contributed by atoms with Gasteiger partial charge in [0, 0.05) is 0 Å². The van der Waals surface area contributed by atoms with Crippen molar-refractivity contribution in [2.45, 2.75) is 6.92 Å². The van der Waals surface area contributed by atoms with Gasteiger partial charge in [-0.15, -0.1) is 0 Å². The van der Waals surface area contributed by atoms with E-state index in [4.69, 9.17) is 16.3 Å². The maximum Gasteiger partial charge on any atom is 0.323 e. The van der Waals surface area contributed by atoms with E-state index < -0.39 is 5.37 Å². The summed E-state index contributed by atoms with van der Waals surface area (Å²) < 4.78 is 5.06. The molecule has 0 radical (unpaired) electrons. The van der Waals surface area contributed by atoms with Crippen LogP contribution in [0.3, 0.4) is 0 Å². The number of halogens is 1. The van der Waals surface area contributed by atoms with Crippen LogP contribution in [0.1, 0.15) is 6.92 Å². The number of rotatable bonds is 0. The smallest absolute Gasteiger partial charge is 0.323 e. The lowest BCUT2D eigenvalue weighted by molar-refractivity contribution is 0.219. The van der Waals surface area contributed by atoms with Gasteiger partial charge in [-0.05, 0) is 24.6 Å². The molecule has 1 aliphatic heterocycles. The largest absolute Gasteiger partial charge is 0.477 e. The number of hydrogen-bond acceptors (Lipinski definition) is 2. The molecule has 1 fully saturated rings. The van der Waals surface area contributed by atoms with Gasteiger partial charge in [0.25, 0.3) is 0 Å². The van der Waals surface area contributed by atoms with E-state index in [-0.39, 0.29) is 0 Å². The Balaban J connectivity index is 2.68. The number of allylic oxidation sites excluding steroid dienone is 1. The molecule has 0 aromatic heterocycles. The van der Waals surface area contributed by atoms with Crippen molar-refractivity contribution in [2.24, 2.45) is 0 Å². The van der Waals surface area contributed by atoms with E-state index in [9.17, 15) is 4.79 Å². The highest BCUT2D eigenvalue weighted by atomic mass is 35.5. The standard InChI is InChI=1S/C6H8ClNO2/c1-2-5-8(6(7)9)3-4-10-5/h2H,3-4H2,1H3/b5-2-. The first-order valence-electron chi connectivity index (χ1n) is 3.02. The van der Waals surface area contributed by atoms with Gasteiger partial charge in [0.05, 0.1) is 6.54 Å². The molecule has 56 valence electrons. The fourth-order valence-electron chi connectivity index (χ4n) is 0.843. The van der Waals surface area contributed by atoms with Crippen molar-refractivity contribution < 1.29 is 9.53 Å². The van der Waals surface area contributed by atoms with Crippen molar-refractivity contribution >= 4 is 17.0 Å². The van der Waals surface area contributed by atoms with E-state index >= 15 is 0 Å². The number of carbonyl (C=O) groups excluding carboxylic acids is 1. The Morgan fingerprint density at radius 2 is 2.60 bits per heavy atom. The predicted octanol–water partition coefficient (Wildman–Crippen LogP) is 1.54. The van der Waals surface area contributed by atoms with Crippen molar-refractivity contribution in [3.05, 3.63) is 12.0 Å². The molecule has 1 amide bonds. The fourth-order valence-corrected chi connectivity index (χ4v) is 1.01. The van der Waals surface area contributed by atoms with Crippen molar-refractivity contribution in [2.75, 3.05) is 13.2 Å². The summed E-state index contributed by atoms with van der Waals surface area (Å²) >= 11 is 5.22. The van der Waals surface area contributed by atoms with Crippen LogP contribution in [0.15, 0.2) is 12.0 Å². The maximum atomic E-state index is 10.6. The minimum absolute atomic E-state index is 0.481. The van der Waals surface area contributed by atoms with Gasteiger partial charge >= 0.3 is 5.37 Å². The average molecular weight is 162 g/mol. The lowest BCUT2D eigenvalue weighted by atomic mass is 10.6. The van der Waals surface area contributed by atoms with E-state index in [1.54, 1.807) is 13.0 Å². The van der Waals surface area contributed by atoms with Crippen LogP contribution in [-0.2, 0) is 4.74 Å². The van der Waals surface area contributed by atoms with Crippen molar-refractivity contribution in [1.29, 1.82) is 0 Å². The molecule has 3 nitrogen and oxygen atoms in total. The molecule has 0 spiro atoms. The fraction of sp³-hybridized carbons (Fsp3) is 0.500. The Bertz CT molecular complexity index is 179. The van der Waals surface area contributed by atoms with Gasteiger partial charge in [-0.1, -0.05) is 0 Å². The molecule has 0 bridgehead atoms. The summed E-state index contributed by atoms with van der Waals surface area (Å²) in [6, 6.07) is 0.